The van der Waals surface area contributed by atoms with Crippen molar-refractivity contribution in [2.24, 2.45) is 0 Å². The molecular weight excluding hydrogens is 294 g/mol. The molecule has 0 aliphatic carbocycles. The minimum atomic E-state index is -1.29. The Bertz CT molecular complexity index is 328. The summed E-state index contributed by atoms with van der Waals surface area (Å²) >= 11 is 0. The molecule has 1 fully saturated rings. The maximum atomic E-state index is 11.2. The van der Waals surface area contributed by atoms with E-state index in [2.05, 4.69) is 5.32 Å². The van der Waals surface area contributed by atoms with Gasteiger partial charge in [0, 0.05) is 20.0 Å². The second kappa shape index (κ2) is 10.1. The number of nitrogens with one attached hydrogen (secondary N) is 1. The maximum Gasteiger partial charge on any atom is 0.217 e. The number of unbranched alkanes of at least 4 members (excludes halogenated alkanes) is 3. The molecule has 130 valence electrons. The van der Waals surface area contributed by atoms with Crippen LogP contribution in [0.4, 0.5) is 0 Å². The molecule has 0 aromatic carbocycles. The second-order valence-corrected chi connectivity index (χ2v) is 5.47. The largest absolute Gasteiger partial charge is 0.445 e. The first-order valence-electron chi connectivity index (χ1n) is 7.67. The van der Waals surface area contributed by atoms with Gasteiger partial charge in [0.25, 0.3) is 0 Å². The quantitative estimate of drug-likeness (QED) is 0.293. The molecule has 0 aromatic rings. The standard InChI is InChI=1S/C14H27NO7/c1-9(18)15-11-13(20)12(19)10(8-17)22-14(11)21-7-5-3-2-4-6-16/h10-14,16-17,19-20H,2-8H2,1H3,(H,15,18)/p+1/t10?,11?,12-,13?,14+/m0/s1. The van der Waals surface area contributed by atoms with Crippen LogP contribution in [0.25, 0.3) is 0 Å². The zero-order valence-electron chi connectivity index (χ0n) is 12.9. The van der Waals surface area contributed by atoms with Crippen LogP contribution in [0.3, 0.4) is 0 Å². The highest BCUT2D eigenvalue weighted by atomic mass is 16.7. The van der Waals surface area contributed by atoms with Crippen molar-refractivity contribution < 1.29 is 34.7 Å². The third-order valence-electron chi connectivity index (χ3n) is 3.60. The minimum Gasteiger partial charge on any atom is -0.445 e. The van der Waals surface area contributed by atoms with Crippen LogP contribution in [0.1, 0.15) is 32.6 Å². The predicted octanol–water partition coefficient (Wildman–Crippen LogP) is -1.77. The van der Waals surface area contributed by atoms with E-state index in [4.69, 9.17) is 14.6 Å². The van der Waals surface area contributed by atoms with Crippen molar-refractivity contribution in [3.63, 3.8) is 0 Å². The molecule has 0 spiro atoms. The Morgan fingerprint density at radius 3 is 2.50 bits per heavy atom. The van der Waals surface area contributed by atoms with Gasteiger partial charge in [-0.2, -0.15) is 0 Å². The van der Waals surface area contributed by atoms with Crippen LogP contribution in [0.15, 0.2) is 0 Å². The zero-order chi connectivity index (χ0) is 16.5. The molecule has 8 nitrogen and oxygen atoms in total. The van der Waals surface area contributed by atoms with Crippen molar-refractivity contribution in [3.8, 4) is 0 Å². The van der Waals surface area contributed by atoms with E-state index in [1.165, 1.54) is 6.92 Å². The van der Waals surface area contributed by atoms with Gasteiger partial charge in [0.05, 0.1) is 6.61 Å². The Balaban J connectivity index is 2.52. The van der Waals surface area contributed by atoms with Crippen LogP contribution >= 0.6 is 0 Å². The van der Waals surface area contributed by atoms with E-state index in [-0.39, 0.29) is 5.91 Å². The van der Waals surface area contributed by atoms with E-state index >= 15 is 0 Å². The van der Waals surface area contributed by atoms with Crippen molar-refractivity contribution >= 4 is 5.91 Å². The van der Waals surface area contributed by atoms with E-state index in [0.29, 0.717) is 13.2 Å². The molecule has 5 atom stereocenters. The summed E-state index contributed by atoms with van der Waals surface area (Å²) in [6.45, 7) is 1.64. The Morgan fingerprint density at radius 2 is 1.91 bits per heavy atom. The number of carbonyl (C=O) groups is 1. The third kappa shape index (κ3) is 5.79. The third-order valence-corrected chi connectivity index (χ3v) is 3.60. The van der Waals surface area contributed by atoms with Crippen molar-refractivity contribution in [2.45, 2.75) is 63.3 Å². The van der Waals surface area contributed by atoms with E-state index in [1.54, 1.807) is 0 Å². The second-order valence-electron chi connectivity index (χ2n) is 5.47. The summed E-state index contributed by atoms with van der Waals surface area (Å²) in [6.07, 6.45) is -0.939. The van der Waals surface area contributed by atoms with Gasteiger partial charge in [-0.05, 0) is 12.8 Å². The van der Waals surface area contributed by atoms with Gasteiger partial charge in [-0.3, -0.25) is 4.79 Å². The summed E-state index contributed by atoms with van der Waals surface area (Å²) in [5.74, 6) is -0.369. The normalized spacial score (nSPS) is 32.0. The van der Waals surface area contributed by atoms with Crippen LogP contribution in [0.2, 0.25) is 0 Å². The fraction of sp³-hybridized carbons (Fsp3) is 0.929. The highest BCUT2D eigenvalue weighted by Gasteiger charge is 2.45. The highest BCUT2D eigenvalue weighted by Crippen LogP contribution is 2.22. The van der Waals surface area contributed by atoms with Crippen molar-refractivity contribution in [1.29, 1.82) is 0 Å². The number of carbonyl (C=O) groups excluding carboxylic acids is 1. The molecule has 0 bridgehead atoms. The molecule has 22 heavy (non-hydrogen) atoms. The average molecular weight is 322 g/mol. The summed E-state index contributed by atoms with van der Waals surface area (Å²) in [5.41, 5.74) is 0. The van der Waals surface area contributed by atoms with Crippen LogP contribution < -0.4 is 5.32 Å². The summed E-state index contributed by atoms with van der Waals surface area (Å²) in [5, 5.41) is 38.7. The Kier molecular flexibility index (Phi) is 8.84. The molecule has 8 heteroatoms. The van der Waals surface area contributed by atoms with E-state index in [0.717, 1.165) is 25.7 Å². The van der Waals surface area contributed by atoms with Crippen molar-refractivity contribution in [1.82, 2.24) is 5.32 Å². The van der Waals surface area contributed by atoms with E-state index in [9.17, 15) is 20.1 Å². The number of hydrogen-bond acceptors (Lipinski definition) is 6. The number of aliphatic hydroxyl groups is 3. The molecule has 6 N–H and O–H groups in total. The Labute approximate surface area is 130 Å². The van der Waals surface area contributed by atoms with Crippen LogP contribution in [-0.2, 0) is 14.3 Å². The lowest BCUT2D eigenvalue weighted by molar-refractivity contribution is -0.270. The molecule has 1 aliphatic rings. The summed E-state index contributed by atoms with van der Waals surface area (Å²) in [4.78, 5) is 11.2. The maximum absolute atomic E-state index is 11.2. The van der Waals surface area contributed by atoms with Gasteiger partial charge in [0.1, 0.15) is 31.0 Å². The molecule has 0 aromatic heterocycles. The van der Waals surface area contributed by atoms with Crippen molar-refractivity contribution in [2.75, 3.05) is 19.8 Å². The SMILES string of the molecule is CC(=O)NC1C(O)[C@@H](O)C(CO)O[C@H]1OCCCCCC[OH2+]. The molecule has 0 radical (unpaired) electrons. The van der Waals surface area contributed by atoms with Gasteiger partial charge in [-0.15, -0.1) is 0 Å². The van der Waals surface area contributed by atoms with Gasteiger partial charge in [0.15, 0.2) is 6.29 Å². The first-order chi connectivity index (χ1) is 10.5. The summed E-state index contributed by atoms with van der Waals surface area (Å²) in [6, 6.07) is -0.886. The molecule has 1 rings (SSSR count). The number of ether oxygens (including phenoxy) is 2. The molecule has 0 saturated carbocycles. The van der Waals surface area contributed by atoms with Gasteiger partial charge in [-0.25, -0.2) is 0 Å². The number of rotatable bonds is 9. The molecule has 1 heterocycles. The minimum absolute atomic E-state index is 0.369. The molecule has 1 aliphatic heterocycles. The topological polar surface area (TPSA) is 131 Å². The van der Waals surface area contributed by atoms with Crippen molar-refractivity contribution in [3.05, 3.63) is 0 Å². The number of aliphatic hydroxyl groups excluding tert-OH is 3. The van der Waals surface area contributed by atoms with Crippen LogP contribution in [0, 0.1) is 0 Å². The smallest absolute Gasteiger partial charge is 0.217 e. The lowest BCUT2D eigenvalue weighted by Crippen LogP contribution is -2.64. The van der Waals surface area contributed by atoms with Crippen LogP contribution in [0.5, 0.6) is 0 Å². The van der Waals surface area contributed by atoms with Gasteiger partial charge in [-0.1, -0.05) is 6.42 Å². The van der Waals surface area contributed by atoms with Crippen LogP contribution in [-0.4, -0.2) is 76.8 Å². The average Bonchev–Trinajstić information content (AvgIpc) is 2.49. The Morgan fingerprint density at radius 1 is 1.23 bits per heavy atom. The van der Waals surface area contributed by atoms with E-state index in [1.807, 2.05) is 0 Å². The number of hydrogen-bond donors (Lipinski definition) is 4. The molecular formula is C14H28NO7+. The summed E-state index contributed by atoms with van der Waals surface area (Å²) in [7, 11) is 0. The Hall–Kier alpha value is -0.770. The van der Waals surface area contributed by atoms with Gasteiger partial charge >= 0.3 is 0 Å². The lowest BCUT2D eigenvalue weighted by Gasteiger charge is -2.42. The first-order valence-corrected chi connectivity index (χ1v) is 7.67. The molecule has 1 amide bonds. The fourth-order valence-electron chi connectivity index (χ4n) is 2.39. The highest BCUT2D eigenvalue weighted by molar-refractivity contribution is 5.73. The first kappa shape index (κ1) is 19.3. The van der Waals surface area contributed by atoms with Gasteiger partial charge in [0.2, 0.25) is 5.91 Å². The molecule has 3 unspecified atom stereocenters. The van der Waals surface area contributed by atoms with Gasteiger partial charge < -0.3 is 35.2 Å². The number of amides is 1. The zero-order valence-corrected chi connectivity index (χ0v) is 12.9. The lowest BCUT2D eigenvalue weighted by atomic mass is 9.97. The fourth-order valence-corrected chi connectivity index (χ4v) is 2.39. The van der Waals surface area contributed by atoms with E-state index < -0.39 is 37.3 Å². The summed E-state index contributed by atoms with van der Waals surface area (Å²) < 4.78 is 11.0. The monoisotopic (exact) mass is 322 g/mol. The predicted molar refractivity (Wildman–Crippen MR) is 78.3 cm³/mol. The molecule has 1 saturated heterocycles.